The number of halogens is 1. The SMILES string of the molecule is Cc1ccccc1Nc1n[nH]c(SCc2ccc(Cl)s2)n1. The summed E-state index contributed by atoms with van der Waals surface area (Å²) < 4.78 is 0.810. The number of thiophene rings is 1. The van der Waals surface area contributed by atoms with Crippen LogP contribution in [0.5, 0.6) is 0 Å². The van der Waals surface area contributed by atoms with Crippen molar-refractivity contribution < 1.29 is 0 Å². The summed E-state index contributed by atoms with van der Waals surface area (Å²) in [6, 6.07) is 12.0. The number of thioether (sulfide) groups is 1. The van der Waals surface area contributed by atoms with Crippen LogP contribution in [-0.2, 0) is 5.75 Å². The Morgan fingerprint density at radius 2 is 2.14 bits per heavy atom. The van der Waals surface area contributed by atoms with Gasteiger partial charge in [0.15, 0.2) is 5.16 Å². The second-order valence-corrected chi connectivity index (χ2v) is 7.16. The third-order valence-corrected chi connectivity index (χ3v) is 5.16. The number of nitrogens with one attached hydrogen (secondary N) is 2. The van der Waals surface area contributed by atoms with Crippen LogP contribution in [0.1, 0.15) is 10.4 Å². The Balaban J connectivity index is 1.62. The number of aryl methyl sites for hydroxylation is 1. The summed E-state index contributed by atoms with van der Waals surface area (Å²) in [7, 11) is 0. The van der Waals surface area contributed by atoms with Crippen LogP contribution in [0.4, 0.5) is 11.6 Å². The summed E-state index contributed by atoms with van der Waals surface area (Å²) >= 11 is 9.11. The molecule has 0 saturated heterocycles. The van der Waals surface area contributed by atoms with Gasteiger partial charge in [0, 0.05) is 16.3 Å². The molecule has 0 atom stereocenters. The van der Waals surface area contributed by atoms with Crippen LogP contribution in [0.2, 0.25) is 4.34 Å². The minimum atomic E-state index is 0.580. The summed E-state index contributed by atoms with van der Waals surface area (Å²) in [4.78, 5) is 5.64. The number of benzene rings is 1. The highest BCUT2D eigenvalue weighted by molar-refractivity contribution is 7.98. The van der Waals surface area contributed by atoms with Crippen molar-refractivity contribution in [2.45, 2.75) is 17.8 Å². The van der Waals surface area contributed by atoms with E-state index >= 15 is 0 Å². The molecule has 3 aromatic rings. The van der Waals surface area contributed by atoms with Gasteiger partial charge in [-0.3, -0.25) is 5.10 Å². The number of hydrogen-bond acceptors (Lipinski definition) is 5. The number of hydrogen-bond donors (Lipinski definition) is 2. The van der Waals surface area contributed by atoms with Gasteiger partial charge in [0.25, 0.3) is 0 Å². The Labute approximate surface area is 136 Å². The van der Waals surface area contributed by atoms with Crippen molar-refractivity contribution in [1.29, 1.82) is 0 Å². The van der Waals surface area contributed by atoms with E-state index in [1.54, 1.807) is 23.1 Å². The van der Waals surface area contributed by atoms with E-state index in [0.29, 0.717) is 5.95 Å². The highest BCUT2D eigenvalue weighted by Crippen LogP contribution is 2.28. The van der Waals surface area contributed by atoms with E-state index in [2.05, 4.69) is 20.5 Å². The molecule has 0 saturated carbocycles. The summed E-state index contributed by atoms with van der Waals surface area (Å²) in [6.07, 6.45) is 0. The van der Waals surface area contributed by atoms with Crippen LogP contribution in [0.25, 0.3) is 0 Å². The van der Waals surface area contributed by atoms with Gasteiger partial charge in [0.1, 0.15) is 0 Å². The zero-order valence-electron chi connectivity index (χ0n) is 11.3. The molecule has 0 unspecified atom stereocenters. The molecular formula is C14H13ClN4S2. The molecule has 108 valence electrons. The van der Waals surface area contributed by atoms with Crippen molar-refractivity contribution in [3.05, 3.63) is 51.2 Å². The fraction of sp³-hybridized carbons (Fsp3) is 0.143. The average Bonchev–Trinajstić information content (AvgIpc) is 3.08. The molecule has 0 bridgehead atoms. The largest absolute Gasteiger partial charge is 0.323 e. The van der Waals surface area contributed by atoms with Crippen LogP contribution in [0, 0.1) is 6.92 Å². The number of rotatable bonds is 5. The number of aromatic amines is 1. The second-order valence-electron chi connectivity index (χ2n) is 4.40. The highest BCUT2D eigenvalue weighted by Gasteiger charge is 2.06. The van der Waals surface area contributed by atoms with Gasteiger partial charge < -0.3 is 5.32 Å². The number of aromatic nitrogens is 3. The Kier molecular flexibility index (Phi) is 4.48. The molecule has 2 aromatic heterocycles. The number of para-hydroxylation sites is 1. The van der Waals surface area contributed by atoms with E-state index in [9.17, 15) is 0 Å². The first kappa shape index (κ1) is 14.4. The van der Waals surface area contributed by atoms with Crippen LogP contribution >= 0.6 is 34.7 Å². The van der Waals surface area contributed by atoms with Crippen molar-refractivity contribution >= 4 is 46.3 Å². The molecule has 1 aromatic carbocycles. The molecule has 0 aliphatic carbocycles. The monoisotopic (exact) mass is 336 g/mol. The Morgan fingerprint density at radius 1 is 1.29 bits per heavy atom. The summed E-state index contributed by atoms with van der Waals surface area (Å²) in [5.74, 6) is 1.41. The third-order valence-electron chi connectivity index (χ3n) is 2.84. The fourth-order valence-electron chi connectivity index (χ4n) is 1.77. The van der Waals surface area contributed by atoms with E-state index < -0.39 is 0 Å². The third kappa shape index (κ3) is 3.78. The van der Waals surface area contributed by atoms with Crippen LogP contribution in [-0.4, -0.2) is 15.2 Å². The minimum Gasteiger partial charge on any atom is -0.323 e. The molecule has 0 aliphatic heterocycles. The number of anilines is 2. The van der Waals surface area contributed by atoms with Gasteiger partial charge in [-0.25, -0.2) is 0 Å². The average molecular weight is 337 g/mol. The molecule has 2 heterocycles. The van der Waals surface area contributed by atoms with E-state index in [-0.39, 0.29) is 0 Å². The molecule has 3 rings (SSSR count). The number of H-pyrrole nitrogens is 1. The molecule has 0 fully saturated rings. The maximum atomic E-state index is 5.91. The van der Waals surface area contributed by atoms with Gasteiger partial charge in [-0.2, -0.15) is 4.98 Å². The standard InChI is InChI=1S/C14H13ClN4S2/c1-9-4-2-3-5-11(9)16-13-17-14(19-18-13)20-8-10-6-7-12(15)21-10/h2-7H,8H2,1H3,(H2,16,17,18,19). The summed E-state index contributed by atoms with van der Waals surface area (Å²) in [5.41, 5.74) is 2.17. The Morgan fingerprint density at radius 3 is 2.90 bits per heavy atom. The minimum absolute atomic E-state index is 0.580. The molecule has 7 heteroatoms. The predicted molar refractivity (Wildman–Crippen MR) is 89.7 cm³/mol. The van der Waals surface area contributed by atoms with Crippen LogP contribution in [0.15, 0.2) is 41.6 Å². The first-order chi connectivity index (χ1) is 10.2. The number of nitrogens with zero attached hydrogens (tertiary/aromatic N) is 2. The highest BCUT2D eigenvalue weighted by atomic mass is 35.5. The van der Waals surface area contributed by atoms with E-state index in [1.807, 2.05) is 43.3 Å². The van der Waals surface area contributed by atoms with Gasteiger partial charge in [-0.05, 0) is 30.7 Å². The lowest BCUT2D eigenvalue weighted by Gasteiger charge is -2.04. The van der Waals surface area contributed by atoms with Gasteiger partial charge in [-0.1, -0.05) is 41.6 Å². The van der Waals surface area contributed by atoms with Crippen molar-refractivity contribution in [2.24, 2.45) is 0 Å². The van der Waals surface area contributed by atoms with Crippen molar-refractivity contribution in [2.75, 3.05) is 5.32 Å². The smallest absolute Gasteiger partial charge is 0.247 e. The van der Waals surface area contributed by atoms with Crippen LogP contribution in [0.3, 0.4) is 0 Å². The summed E-state index contributed by atoms with van der Waals surface area (Å²) in [6.45, 7) is 2.05. The lowest BCUT2D eigenvalue weighted by atomic mass is 10.2. The zero-order valence-corrected chi connectivity index (χ0v) is 13.6. The topological polar surface area (TPSA) is 53.6 Å². The molecule has 0 amide bonds. The van der Waals surface area contributed by atoms with E-state index in [0.717, 1.165) is 26.5 Å². The zero-order chi connectivity index (χ0) is 14.7. The lowest BCUT2D eigenvalue weighted by molar-refractivity contribution is 0.973. The molecule has 4 nitrogen and oxygen atoms in total. The molecule has 2 N–H and O–H groups in total. The molecule has 21 heavy (non-hydrogen) atoms. The maximum absolute atomic E-state index is 5.91. The molecule has 0 radical (unpaired) electrons. The Bertz CT molecular complexity index is 738. The van der Waals surface area contributed by atoms with E-state index in [4.69, 9.17) is 11.6 Å². The first-order valence-corrected chi connectivity index (χ1v) is 8.51. The predicted octanol–water partition coefficient (Wildman–Crippen LogP) is 4.86. The van der Waals surface area contributed by atoms with E-state index in [1.165, 1.54) is 4.88 Å². The van der Waals surface area contributed by atoms with Crippen LogP contribution < -0.4 is 5.32 Å². The van der Waals surface area contributed by atoms with Gasteiger partial charge in [0.2, 0.25) is 5.95 Å². The fourth-order valence-corrected chi connectivity index (χ4v) is 3.70. The maximum Gasteiger partial charge on any atom is 0.247 e. The first-order valence-electron chi connectivity index (χ1n) is 6.33. The molecule has 0 aliphatic rings. The van der Waals surface area contributed by atoms with Crippen molar-refractivity contribution in [3.8, 4) is 0 Å². The Hall–Kier alpha value is -1.50. The van der Waals surface area contributed by atoms with Gasteiger partial charge in [-0.15, -0.1) is 16.4 Å². The molecular weight excluding hydrogens is 324 g/mol. The van der Waals surface area contributed by atoms with Crippen molar-refractivity contribution in [3.63, 3.8) is 0 Å². The summed E-state index contributed by atoms with van der Waals surface area (Å²) in [5, 5.41) is 11.1. The second kappa shape index (κ2) is 6.51. The lowest BCUT2D eigenvalue weighted by Crippen LogP contribution is -1.94. The quantitative estimate of drug-likeness (QED) is 0.653. The molecule has 0 spiro atoms. The normalized spacial score (nSPS) is 10.8. The van der Waals surface area contributed by atoms with Crippen molar-refractivity contribution in [1.82, 2.24) is 15.2 Å². The van der Waals surface area contributed by atoms with Gasteiger partial charge in [0.05, 0.1) is 4.34 Å². The van der Waals surface area contributed by atoms with Gasteiger partial charge >= 0.3 is 0 Å².